The molecule has 0 radical (unpaired) electrons. The standard InChI is InChI=1S/C13H24O/c1-10(2)9-12(14)11-7-5-6-8-13(11,3)4/h11-12,14H,1,5-9H2,2-4H3. The molecule has 1 heteroatoms. The van der Waals surface area contributed by atoms with Gasteiger partial charge in [-0.25, -0.2) is 0 Å². The van der Waals surface area contributed by atoms with E-state index in [0.29, 0.717) is 11.3 Å². The lowest BCUT2D eigenvalue weighted by molar-refractivity contribution is 0.00592. The first-order valence-electron chi connectivity index (χ1n) is 5.76. The smallest absolute Gasteiger partial charge is 0.0610 e. The summed E-state index contributed by atoms with van der Waals surface area (Å²) in [6.45, 7) is 10.5. The Bertz CT molecular complexity index is 205. The maximum Gasteiger partial charge on any atom is 0.0610 e. The molecule has 1 N–H and O–H groups in total. The molecular weight excluding hydrogens is 172 g/mol. The minimum atomic E-state index is -0.178. The number of aliphatic hydroxyl groups excluding tert-OH is 1. The van der Waals surface area contributed by atoms with Crippen molar-refractivity contribution in [1.29, 1.82) is 0 Å². The Morgan fingerprint density at radius 1 is 1.50 bits per heavy atom. The first-order valence-corrected chi connectivity index (χ1v) is 5.76. The summed E-state index contributed by atoms with van der Waals surface area (Å²) in [5, 5.41) is 10.1. The molecule has 1 saturated carbocycles. The van der Waals surface area contributed by atoms with Crippen molar-refractivity contribution in [1.82, 2.24) is 0 Å². The van der Waals surface area contributed by atoms with E-state index in [4.69, 9.17) is 0 Å². The van der Waals surface area contributed by atoms with E-state index >= 15 is 0 Å². The second-order valence-corrected chi connectivity index (χ2v) is 5.57. The van der Waals surface area contributed by atoms with Gasteiger partial charge in [0.05, 0.1) is 6.10 Å². The third-order valence-corrected chi connectivity index (χ3v) is 3.61. The monoisotopic (exact) mass is 196 g/mol. The average molecular weight is 196 g/mol. The van der Waals surface area contributed by atoms with Gasteiger partial charge in [-0.3, -0.25) is 0 Å². The number of aliphatic hydroxyl groups is 1. The van der Waals surface area contributed by atoms with Gasteiger partial charge in [0.25, 0.3) is 0 Å². The van der Waals surface area contributed by atoms with Crippen molar-refractivity contribution in [3.8, 4) is 0 Å². The van der Waals surface area contributed by atoms with Crippen molar-refractivity contribution in [3.05, 3.63) is 12.2 Å². The summed E-state index contributed by atoms with van der Waals surface area (Å²) in [7, 11) is 0. The lowest BCUT2D eigenvalue weighted by Gasteiger charge is -2.41. The van der Waals surface area contributed by atoms with Crippen molar-refractivity contribution >= 4 is 0 Å². The van der Waals surface area contributed by atoms with Crippen LogP contribution in [0, 0.1) is 11.3 Å². The Morgan fingerprint density at radius 2 is 2.14 bits per heavy atom. The zero-order chi connectivity index (χ0) is 10.8. The highest BCUT2D eigenvalue weighted by molar-refractivity contribution is 4.96. The van der Waals surface area contributed by atoms with Crippen LogP contribution in [0.25, 0.3) is 0 Å². The molecule has 0 aromatic carbocycles. The van der Waals surface area contributed by atoms with Crippen molar-refractivity contribution < 1.29 is 5.11 Å². The average Bonchev–Trinajstić information content (AvgIpc) is 2.01. The van der Waals surface area contributed by atoms with Crippen molar-refractivity contribution in [2.75, 3.05) is 0 Å². The summed E-state index contributed by atoms with van der Waals surface area (Å²) in [5.41, 5.74) is 1.41. The molecule has 2 atom stereocenters. The van der Waals surface area contributed by atoms with E-state index in [-0.39, 0.29) is 6.10 Å². The second kappa shape index (κ2) is 4.48. The third-order valence-electron chi connectivity index (χ3n) is 3.61. The summed E-state index contributed by atoms with van der Waals surface area (Å²) in [4.78, 5) is 0. The molecule has 14 heavy (non-hydrogen) atoms. The minimum Gasteiger partial charge on any atom is -0.392 e. The quantitative estimate of drug-likeness (QED) is 0.685. The zero-order valence-corrected chi connectivity index (χ0v) is 9.84. The predicted octanol–water partition coefficient (Wildman–Crippen LogP) is 3.53. The van der Waals surface area contributed by atoms with Crippen LogP contribution in [0.15, 0.2) is 12.2 Å². The van der Waals surface area contributed by atoms with Crippen molar-refractivity contribution in [2.45, 2.75) is 59.0 Å². The van der Waals surface area contributed by atoms with E-state index in [1.165, 1.54) is 25.7 Å². The van der Waals surface area contributed by atoms with E-state index in [2.05, 4.69) is 20.4 Å². The van der Waals surface area contributed by atoms with Gasteiger partial charge in [-0.1, -0.05) is 32.3 Å². The molecule has 0 saturated heterocycles. The van der Waals surface area contributed by atoms with E-state index in [1.807, 2.05) is 6.92 Å². The van der Waals surface area contributed by atoms with Crippen LogP contribution >= 0.6 is 0 Å². The van der Waals surface area contributed by atoms with Crippen molar-refractivity contribution in [3.63, 3.8) is 0 Å². The highest BCUT2D eigenvalue weighted by Crippen LogP contribution is 2.43. The van der Waals surface area contributed by atoms with Gasteiger partial charge in [0.2, 0.25) is 0 Å². The fraction of sp³-hybridized carbons (Fsp3) is 0.846. The molecule has 0 spiro atoms. The lowest BCUT2D eigenvalue weighted by Crippen LogP contribution is -2.36. The summed E-state index contributed by atoms with van der Waals surface area (Å²) in [6.07, 6.45) is 5.63. The second-order valence-electron chi connectivity index (χ2n) is 5.57. The summed E-state index contributed by atoms with van der Waals surface area (Å²) < 4.78 is 0. The topological polar surface area (TPSA) is 20.2 Å². The third kappa shape index (κ3) is 2.84. The molecule has 1 aliphatic rings. The van der Waals surface area contributed by atoms with Gasteiger partial charge >= 0.3 is 0 Å². The Balaban J connectivity index is 2.59. The molecule has 2 unspecified atom stereocenters. The fourth-order valence-electron chi connectivity index (χ4n) is 2.73. The molecule has 0 amide bonds. The molecule has 1 aliphatic carbocycles. The predicted molar refractivity (Wildman–Crippen MR) is 61.2 cm³/mol. The van der Waals surface area contributed by atoms with Crippen LogP contribution < -0.4 is 0 Å². The molecule has 1 fully saturated rings. The molecule has 0 aromatic rings. The summed E-state index contributed by atoms with van der Waals surface area (Å²) in [6, 6.07) is 0. The molecular formula is C13H24O. The maximum atomic E-state index is 10.1. The van der Waals surface area contributed by atoms with Crippen LogP contribution in [0.3, 0.4) is 0 Å². The normalized spacial score (nSPS) is 28.4. The van der Waals surface area contributed by atoms with Crippen LogP contribution in [0.5, 0.6) is 0 Å². The maximum absolute atomic E-state index is 10.1. The zero-order valence-electron chi connectivity index (χ0n) is 9.84. The summed E-state index contributed by atoms with van der Waals surface area (Å²) in [5.74, 6) is 0.466. The number of hydrogen-bond acceptors (Lipinski definition) is 1. The Morgan fingerprint density at radius 3 is 2.64 bits per heavy atom. The number of hydrogen-bond donors (Lipinski definition) is 1. The minimum absolute atomic E-state index is 0.178. The Labute approximate surface area is 88.2 Å². The first-order chi connectivity index (χ1) is 6.43. The molecule has 0 aliphatic heterocycles. The van der Waals surface area contributed by atoms with Gasteiger partial charge < -0.3 is 5.11 Å². The molecule has 0 bridgehead atoms. The Hall–Kier alpha value is -0.300. The molecule has 0 heterocycles. The molecule has 0 aromatic heterocycles. The van der Waals surface area contributed by atoms with Crippen LogP contribution in [-0.4, -0.2) is 11.2 Å². The van der Waals surface area contributed by atoms with Crippen LogP contribution in [0.1, 0.15) is 52.9 Å². The SMILES string of the molecule is C=C(C)CC(O)C1CCCCC1(C)C. The van der Waals surface area contributed by atoms with Crippen molar-refractivity contribution in [2.24, 2.45) is 11.3 Å². The first kappa shape index (κ1) is 11.8. The molecule has 82 valence electrons. The highest BCUT2D eigenvalue weighted by atomic mass is 16.3. The van der Waals surface area contributed by atoms with Gasteiger partial charge in [-0.2, -0.15) is 0 Å². The fourth-order valence-corrected chi connectivity index (χ4v) is 2.73. The lowest BCUT2D eigenvalue weighted by atomic mass is 9.66. The van der Waals surface area contributed by atoms with E-state index in [9.17, 15) is 5.11 Å². The largest absolute Gasteiger partial charge is 0.392 e. The Kier molecular flexibility index (Phi) is 3.77. The van der Waals surface area contributed by atoms with E-state index < -0.39 is 0 Å². The van der Waals surface area contributed by atoms with Crippen LogP contribution in [0.4, 0.5) is 0 Å². The van der Waals surface area contributed by atoms with Gasteiger partial charge in [-0.05, 0) is 37.5 Å². The molecule has 1 nitrogen and oxygen atoms in total. The van der Waals surface area contributed by atoms with Gasteiger partial charge in [-0.15, -0.1) is 6.58 Å². The van der Waals surface area contributed by atoms with Gasteiger partial charge in [0.1, 0.15) is 0 Å². The van der Waals surface area contributed by atoms with Crippen LogP contribution in [-0.2, 0) is 0 Å². The van der Waals surface area contributed by atoms with Gasteiger partial charge in [0, 0.05) is 0 Å². The van der Waals surface area contributed by atoms with E-state index in [0.717, 1.165) is 12.0 Å². The van der Waals surface area contributed by atoms with Crippen LogP contribution in [0.2, 0.25) is 0 Å². The van der Waals surface area contributed by atoms with E-state index in [1.54, 1.807) is 0 Å². The highest BCUT2D eigenvalue weighted by Gasteiger charge is 2.36. The molecule has 1 rings (SSSR count). The van der Waals surface area contributed by atoms with Gasteiger partial charge in [0.15, 0.2) is 0 Å². The summed E-state index contributed by atoms with van der Waals surface area (Å²) >= 11 is 0. The number of rotatable bonds is 3.